The van der Waals surface area contributed by atoms with Crippen LogP contribution in [0.5, 0.6) is 0 Å². The third-order valence-corrected chi connectivity index (χ3v) is 4.67. The zero-order valence-corrected chi connectivity index (χ0v) is 14.4. The van der Waals surface area contributed by atoms with Crippen molar-refractivity contribution in [2.75, 3.05) is 11.9 Å². The van der Waals surface area contributed by atoms with Crippen LogP contribution in [0.25, 0.3) is 0 Å². The van der Waals surface area contributed by atoms with Gasteiger partial charge in [0.25, 0.3) is 0 Å². The maximum Gasteiger partial charge on any atom is 0.135 e. The van der Waals surface area contributed by atoms with Gasteiger partial charge in [-0.3, -0.25) is 0 Å². The number of rotatable bonds is 3. The van der Waals surface area contributed by atoms with Gasteiger partial charge in [-0.1, -0.05) is 32.9 Å². The zero-order chi connectivity index (χ0) is 16.7. The summed E-state index contributed by atoms with van der Waals surface area (Å²) in [5.41, 5.74) is 2.19. The maximum atomic E-state index is 6.05. The molecule has 1 aromatic heterocycles. The quantitative estimate of drug-likeness (QED) is 0.907. The van der Waals surface area contributed by atoms with Crippen LogP contribution in [0.15, 0.2) is 36.5 Å². The van der Waals surface area contributed by atoms with Gasteiger partial charge >= 0.3 is 0 Å². The van der Waals surface area contributed by atoms with E-state index in [9.17, 15) is 0 Å². The molecule has 0 saturated carbocycles. The minimum Gasteiger partial charge on any atom is -0.367 e. The fraction of sp³-hybridized carbons (Fsp3) is 0.474. The topological polar surface area (TPSA) is 59.1 Å². The minimum atomic E-state index is -0.0618. The van der Waals surface area contributed by atoms with Crippen LogP contribution in [0.1, 0.15) is 44.7 Å². The lowest BCUT2D eigenvalue weighted by Gasteiger charge is -2.23. The van der Waals surface area contributed by atoms with Crippen molar-refractivity contribution in [1.29, 1.82) is 0 Å². The van der Waals surface area contributed by atoms with Crippen molar-refractivity contribution in [2.45, 2.75) is 50.9 Å². The van der Waals surface area contributed by atoms with E-state index in [0.717, 1.165) is 30.3 Å². The number of benzene rings is 1. The summed E-state index contributed by atoms with van der Waals surface area (Å²) >= 11 is 0. The number of nitrogens with zero attached hydrogens (tertiary/aromatic N) is 2. The Balaban J connectivity index is 1.48. The van der Waals surface area contributed by atoms with E-state index in [1.165, 1.54) is 5.56 Å². The van der Waals surface area contributed by atoms with E-state index in [4.69, 9.17) is 4.74 Å². The van der Waals surface area contributed by atoms with Gasteiger partial charge in [-0.25, -0.2) is 9.97 Å². The van der Waals surface area contributed by atoms with E-state index in [1.54, 1.807) is 6.20 Å². The highest BCUT2D eigenvalue weighted by Crippen LogP contribution is 2.37. The number of hydrogen-bond acceptors (Lipinski definition) is 5. The normalized spacial score (nSPS) is 25.9. The third kappa shape index (κ3) is 3.01. The summed E-state index contributed by atoms with van der Waals surface area (Å²) in [5, 5.41) is 6.88. The predicted octanol–water partition coefficient (Wildman–Crippen LogP) is 3.32. The first-order chi connectivity index (χ1) is 11.5. The number of aromatic nitrogens is 2. The van der Waals surface area contributed by atoms with E-state index < -0.39 is 0 Å². The average Bonchev–Trinajstić information content (AvgIpc) is 3.18. The molecule has 4 rings (SSSR count). The lowest BCUT2D eigenvalue weighted by atomic mass is 9.96. The number of fused-ring (bicyclic) bond motifs is 2. The molecule has 2 N–H and O–H groups in total. The van der Waals surface area contributed by atoms with Gasteiger partial charge in [-0.05, 0) is 30.2 Å². The van der Waals surface area contributed by atoms with Crippen LogP contribution in [-0.2, 0) is 10.2 Å². The summed E-state index contributed by atoms with van der Waals surface area (Å²) < 4.78 is 6.05. The summed E-state index contributed by atoms with van der Waals surface area (Å²) in [6.07, 6.45) is 3.50. The summed E-state index contributed by atoms with van der Waals surface area (Å²) in [4.78, 5) is 8.98. The molecule has 3 atom stereocenters. The molecule has 2 bridgehead atoms. The van der Waals surface area contributed by atoms with E-state index >= 15 is 0 Å². The van der Waals surface area contributed by atoms with E-state index in [1.807, 2.05) is 6.07 Å². The zero-order valence-electron chi connectivity index (χ0n) is 14.4. The average molecular weight is 324 g/mol. The Bertz CT molecular complexity index is 723. The minimum absolute atomic E-state index is 0.0618. The van der Waals surface area contributed by atoms with Gasteiger partial charge in [-0.15, -0.1) is 0 Å². The molecule has 2 saturated heterocycles. The number of ether oxygens (including phenoxy) is 1. The Morgan fingerprint density at radius 3 is 2.58 bits per heavy atom. The molecule has 3 heterocycles. The van der Waals surface area contributed by atoms with Gasteiger partial charge in [0, 0.05) is 29.9 Å². The monoisotopic (exact) mass is 324 g/mol. The molecule has 0 unspecified atom stereocenters. The standard InChI is InChI=1S/C19H24N4O/c1-19(2,3)18-20-9-8-16(23-18)22-13-6-4-12(5-7-13)17-15-10-14(24-17)11-21-15/h4-9,14-15,17,21H,10-11H2,1-3H3,(H,20,22,23)/t14-,15-,17+/m0/s1. The lowest BCUT2D eigenvalue weighted by Crippen LogP contribution is -2.33. The van der Waals surface area contributed by atoms with Gasteiger partial charge in [0.05, 0.1) is 12.2 Å². The Kier molecular flexibility index (Phi) is 3.77. The maximum absolute atomic E-state index is 6.05. The molecule has 0 amide bonds. The van der Waals surface area contributed by atoms with Crippen LogP contribution >= 0.6 is 0 Å². The summed E-state index contributed by atoms with van der Waals surface area (Å²) in [6, 6.07) is 10.8. The van der Waals surface area contributed by atoms with E-state index in [0.29, 0.717) is 12.1 Å². The molecule has 126 valence electrons. The molecule has 5 nitrogen and oxygen atoms in total. The van der Waals surface area contributed by atoms with Gasteiger partial charge in [0.1, 0.15) is 11.6 Å². The van der Waals surface area contributed by atoms with Crippen molar-refractivity contribution in [1.82, 2.24) is 15.3 Å². The molecule has 0 aliphatic carbocycles. The molecule has 0 spiro atoms. The first-order valence-electron chi connectivity index (χ1n) is 8.58. The van der Waals surface area contributed by atoms with Crippen molar-refractivity contribution in [3.05, 3.63) is 47.9 Å². The fourth-order valence-corrected chi connectivity index (χ4v) is 3.37. The second kappa shape index (κ2) is 5.83. The summed E-state index contributed by atoms with van der Waals surface area (Å²) in [7, 11) is 0. The Morgan fingerprint density at radius 1 is 1.17 bits per heavy atom. The highest BCUT2D eigenvalue weighted by atomic mass is 16.5. The fourth-order valence-electron chi connectivity index (χ4n) is 3.37. The first kappa shape index (κ1) is 15.5. The van der Waals surface area contributed by atoms with Crippen molar-refractivity contribution < 1.29 is 4.74 Å². The highest BCUT2D eigenvalue weighted by Gasteiger charge is 2.41. The van der Waals surface area contributed by atoms with Crippen LogP contribution < -0.4 is 10.6 Å². The second-order valence-electron chi connectivity index (χ2n) is 7.69. The van der Waals surface area contributed by atoms with Gasteiger partial charge in [0.15, 0.2) is 0 Å². The molecule has 2 aliphatic rings. The third-order valence-electron chi connectivity index (χ3n) is 4.67. The number of anilines is 2. The van der Waals surface area contributed by atoms with Crippen LogP contribution in [0.4, 0.5) is 11.5 Å². The van der Waals surface area contributed by atoms with Crippen LogP contribution in [0.2, 0.25) is 0 Å². The predicted molar refractivity (Wildman–Crippen MR) is 94.5 cm³/mol. The van der Waals surface area contributed by atoms with Crippen molar-refractivity contribution in [3.63, 3.8) is 0 Å². The number of nitrogens with one attached hydrogen (secondary N) is 2. The van der Waals surface area contributed by atoms with Gasteiger partial charge < -0.3 is 15.4 Å². The summed E-state index contributed by atoms with van der Waals surface area (Å²) in [5.74, 6) is 1.66. The Hall–Kier alpha value is -1.98. The molecular weight excluding hydrogens is 300 g/mol. The Morgan fingerprint density at radius 2 is 1.96 bits per heavy atom. The van der Waals surface area contributed by atoms with Crippen molar-refractivity contribution >= 4 is 11.5 Å². The molecule has 5 heteroatoms. The van der Waals surface area contributed by atoms with Crippen LogP contribution in [0, 0.1) is 0 Å². The number of morpholine rings is 1. The molecule has 2 fully saturated rings. The molecule has 24 heavy (non-hydrogen) atoms. The smallest absolute Gasteiger partial charge is 0.135 e. The molecular formula is C19H24N4O. The SMILES string of the molecule is CC(C)(C)c1nccc(Nc2ccc([C@H]3O[C@@H]4CN[C@H]3C4)cc2)n1. The number of hydrogen-bond donors (Lipinski definition) is 2. The first-order valence-corrected chi connectivity index (χ1v) is 8.58. The van der Waals surface area contributed by atoms with Gasteiger partial charge in [-0.2, -0.15) is 0 Å². The molecule has 1 aromatic carbocycles. The van der Waals surface area contributed by atoms with Crippen molar-refractivity contribution in [3.8, 4) is 0 Å². The van der Waals surface area contributed by atoms with Crippen LogP contribution in [-0.4, -0.2) is 28.7 Å². The van der Waals surface area contributed by atoms with Gasteiger partial charge in [0.2, 0.25) is 0 Å². The van der Waals surface area contributed by atoms with E-state index in [2.05, 4.69) is 65.6 Å². The molecule has 0 radical (unpaired) electrons. The van der Waals surface area contributed by atoms with Crippen LogP contribution in [0.3, 0.4) is 0 Å². The molecule has 2 aliphatic heterocycles. The highest BCUT2D eigenvalue weighted by molar-refractivity contribution is 5.56. The van der Waals surface area contributed by atoms with E-state index in [-0.39, 0.29) is 11.5 Å². The summed E-state index contributed by atoms with van der Waals surface area (Å²) in [6.45, 7) is 7.34. The largest absolute Gasteiger partial charge is 0.367 e. The second-order valence-corrected chi connectivity index (χ2v) is 7.69. The lowest BCUT2D eigenvalue weighted by molar-refractivity contribution is 0.0160. The Labute approximate surface area is 142 Å². The van der Waals surface area contributed by atoms with Crippen molar-refractivity contribution in [2.24, 2.45) is 0 Å². The molecule has 2 aromatic rings.